The van der Waals surface area contributed by atoms with E-state index in [0.29, 0.717) is 6.61 Å². The van der Waals surface area contributed by atoms with Gasteiger partial charge in [0.25, 0.3) is 0 Å². The minimum atomic E-state index is 0.302. The summed E-state index contributed by atoms with van der Waals surface area (Å²) in [6, 6.07) is 5.73. The molecule has 0 fully saturated rings. The first kappa shape index (κ1) is 13.8. The lowest BCUT2D eigenvalue weighted by Crippen LogP contribution is -2.02. The maximum Gasteiger partial charge on any atom is 0.0485 e. The lowest BCUT2D eigenvalue weighted by atomic mass is 10.2. The molecule has 16 heavy (non-hydrogen) atoms. The highest BCUT2D eigenvalue weighted by atomic mass is 79.9. The van der Waals surface area contributed by atoms with Crippen molar-refractivity contribution in [3.63, 3.8) is 0 Å². The number of aliphatic hydroxyl groups excluding tert-OH is 1. The summed E-state index contributed by atoms with van der Waals surface area (Å²) >= 11 is 9.32. The Kier molecular flexibility index (Phi) is 6.85. The summed E-state index contributed by atoms with van der Waals surface area (Å²) in [5.41, 5.74) is 1.08. The maximum atomic E-state index is 8.63. The molecular weight excluding hydrogens is 289 g/mol. The van der Waals surface area contributed by atoms with Crippen LogP contribution in [0.4, 0.5) is 5.69 Å². The van der Waals surface area contributed by atoms with Crippen molar-refractivity contribution in [3.05, 3.63) is 27.7 Å². The molecule has 2 nitrogen and oxygen atoms in total. The number of rotatable bonds is 7. The summed E-state index contributed by atoms with van der Waals surface area (Å²) in [5.74, 6) is 0. The van der Waals surface area contributed by atoms with Crippen molar-refractivity contribution in [3.8, 4) is 0 Å². The van der Waals surface area contributed by atoms with Crippen LogP contribution in [0.2, 0.25) is 5.02 Å². The van der Waals surface area contributed by atoms with Crippen LogP contribution < -0.4 is 5.32 Å². The second-order valence-electron chi connectivity index (χ2n) is 3.69. The van der Waals surface area contributed by atoms with Crippen molar-refractivity contribution in [1.82, 2.24) is 0 Å². The van der Waals surface area contributed by atoms with Crippen molar-refractivity contribution in [2.45, 2.75) is 25.7 Å². The molecule has 0 aliphatic rings. The van der Waals surface area contributed by atoms with E-state index in [-0.39, 0.29) is 0 Å². The van der Waals surface area contributed by atoms with Crippen molar-refractivity contribution >= 4 is 33.2 Å². The molecule has 0 heterocycles. The molecule has 0 radical (unpaired) electrons. The quantitative estimate of drug-likeness (QED) is 0.744. The molecule has 1 aromatic carbocycles. The molecule has 0 bridgehead atoms. The summed E-state index contributed by atoms with van der Waals surface area (Å²) in [5, 5.41) is 12.7. The molecule has 4 heteroatoms. The number of halogens is 2. The van der Waals surface area contributed by atoms with E-state index in [9.17, 15) is 0 Å². The summed E-state index contributed by atoms with van der Waals surface area (Å²) in [4.78, 5) is 0. The van der Waals surface area contributed by atoms with E-state index in [1.165, 1.54) is 0 Å². The van der Waals surface area contributed by atoms with Crippen LogP contribution in [0.1, 0.15) is 25.7 Å². The van der Waals surface area contributed by atoms with Crippen LogP contribution in [0.15, 0.2) is 22.7 Å². The molecule has 0 atom stereocenters. The largest absolute Gasteiger partial charge is 0.396 e. The normalized spacial score (nSPS) is 10.4. The van der Waals surface area contributed by atoms with Crippen LogP contribution in [-0.2, 0) is 0 Å². The maximum absolute atomic E-state index is 8.63. The summed E-state index contributed by atoms with van der Waals surface area (Å²) < 4.78 is 0.996. The highest BCUT2D eigenvalue weighted by Gasteiger charge is 1.99. The fraction of sp³-hybridized carbons (Fsp3) is 0.500. The van der Waals surface area contributed by atoms with E-state index in [1.807, 2.05) is 18.2 Å². The van der Waals surface area contributed by atoms with Gasteiger partial charge in [-0.1, -0.05) is 24.4 Å². The number of aliphatic hydroxyl groups is 1. The van der Waals surface area contributed by atoms with Gasteiger partial charge in [0.1, 0.15) is 0 Å². The standard InChI is InChI=1S/C12H17BrClNO/c13-11-9-10(14)5-6-12(11)15-7-3-1-2-4-8-16/h5-6,9,15-16H,1-4,7-8H2. The fourth-order valence-corrected chi connectivity index (χ4v) is 2.27. The SMILES string of the molecule is OCCCCCCNc1ccc(Cl)cc1Br. The van der Waals surface area contributed by atoms with E-state index < -0.39 is 0 Å². The first-order chi connectivity index (χ1) is 7.74. The molecule has 2 N–H and O–H groups in total. The summed E-state index contributed by atoms with van der Waals surface area (Å²) in [6.07, 6.45) is 4.28. The monoisotopic (exact) mass is 305 g/mol. The minimum Gasteiger partial charge on any atom is -0.396 e. The molecule has 0 aliphatic heterocycles. The fourth-order valence-electron chi connectivity index (χ4n) is 1.45. The molecule has 0 spiro atoms. The topological polar surface area (TPSA) is 32.3 Å². The van der Waals surface area contributed by atoms with Crippen molar-refractivity contribution in [2.75, 3.05) is 18.5 Å². The highest BCUT2D eigenvalue weighted by Crippen LogP contribution is 2.25. The average molecular weight is 307 g/mol. The molecule has 0 aliphatic carbocycles. The zero-order valence-corrected chi connectivity index (χ0v) is 11.5. The van der Waals surface area contributed by atoms with E-state index >= 15 is 0 Å². The lowest BCUT2D eigenvalue weighted by Gasteiger charge is -2.08. The van der Waals surface area contributed by atoms with Crippen molar-refractivity contribution in [2.24, 2.45) is 0 Å². The predicted molar refractivity (Wildman–Crippen MR) is 73.2 cm³/mol. The highest BCUT2D eigenvalue weighted by molar-refractivity contribution is 9.10. The predicted octanol–water partition coefficient (Wildman–Crippen LogP) is 4.07. The summed E-state index contributed by atoms with van der Waals surface area (Å²) in [7, 11) is 0. The van der Waals surface area contributed by atoms with Gasteiger partial charge in [0.05, 0.1) is 0 Å². The van der Waals surface area contributed by atoms with Gasteiger partial charge < -0.3 is 10.4 Å². The number of nitrogens with one attached hydrogen (secondary N) is 1. The zero-order valence-electron chi connectivity index (χ0n) is 9.18. The Balaban J connectivity index is 2.21. The zero-order chi connectivity index (χ0) is 11.8. The molecule has 1 rings (SSSR count). The summed E-state index contributed by atoms with van der Waals surface area (Å²) in [6.45, 7) is 1.25. The third-order valence-corrected chi connectivity index (χ3v) is 3.22. The number of benzene rings is 1. The first-order valence-electron chi connectivity index (χ1n) is 5.54. The Hall–Kier alpha value is -0.250. The molecule has 0 unspecified atom stereocenters. The van der Waals surface area contributed by atoms with Gasteiger partial charge in [-0.15, -0.1) is 0 Å². The number of anilines is 1. The van der Waals surface area contributed by atoms with Gasteiger partial charge in [0, 0.05) is 28.3 Å². The molecule has 0 aromatic heterocycles. The molecule has 1 aromatic rings. The van der Waals surface area contributed by atoms with Crippen LogP contribution >= 0.6 is 27.5 Å². The Bertz CT molecular complexity index is 320. The van der Waals surface area contributed by atoms with Gasteiger partial charge in [0.2, 0.25) is 0 Å². The third-order valence-electron chi connectivity index (χ3n) is 2.33. The van der Waals surface area contributed by atoms with E-state index in [1.54, 1.807) is 0 Å². The molecule has 0 saturated heterocycles. The van der Waals surface area contributed by atoms with Gasteiger partial charge in [0.15, 0.2) is 0 Å². The number of hydrogen-bond donors (Lipinski definition) is 2. The Labute approximate surface area is 110 Å². The van der Waals surface area contributed by atoms with Crippen LogP contribution in [0, 0.1) is 0 Å². The van der Waals surface area contributed by atoms with Crippen molar-refractivity contribution in [1.29, 1.82) is 0 Å². The lowest BCUT2D eigenvalue weighted by molar-refractivity contribution is 0.283. The van der Waals surface area contributed by atoms with Gasteiger partial charge in [-0.05, 0) is 47.0 Å². The third kappa shape index (κ3) is 5.19. The molecule has 0 saturated carbocycles. The minimum absolute atomic E-state index is 0.302. The van der Waals surface area contributed by atoms with E-state index in [0.717, 1.165) is 47.4 Å². The average Bonchev–Trinajstić information content (AvgIpc) is 2.26. The smallest absolute Gasteiger partial charge is 0.0485 e. The molecule has 0 amide bonds. The van der Waals surface area contributed by atoms with Crippen LogP contribution in [0.5, 0.6) is 0 Å². The second kappa shape index (κ2) is 7.93. The van der Waals surface area contributed by atoms with Crippen LogP contribution in [-0.4, -0.2) is 18.3 Å². The number of hydrogen-bond acceptors (Lipinski definition) is 2. The Morgan fingerprint density at radius 1 is 1.19 bits per heavy atom. The Morgan fingerprint density at radius 2 is 1.94 bits per heavy atom. The number of unbranched alkanes of at least 4 members (excludes halogenated alkanes) is 3. The van der Waals surface area contributed by atoms with Gasteiger partial charge in [-0.25, -0.2) is 0 Å². The van der Waals surface area contributed by atoms with Gasteiger partial charge in [-0.3, -0.25) is 0 Å². The van der Waals surface area contributed by atoms with Crippen LogP contribution in [0.25, 0.3) is 0 Å². The van der Waals surface area contributed by atoms with Gasteiger partial charge >= 0.3 is 0 Å². The first-order valence-corrected chi connectivity index (χ1v) is 6.71. The second-order valence-corrected chi connectivity index (χ2v) is 4.98. The van der Waals surface area contributed by atoms with Gasteiger partial charge in [-0.2, -0.15) is 0 Å². The van der Waals surface area contributed by atoms with Crippen LogP contribution in [0.3, 0.4) is 0 Å². The Morgan fingerprint density at radius 3 is 2.62 bits per heavy atom. The molecular formula is C12H17BrClNO. The molecule has 90 valence electrons. The van der Waals surface area contributed by atoms with Crippen molar-refractivity contribution < 1.29 is 5.11 Å². The van der Waals surface area contributed by atoms with E-state index in [4.69, 9.17) is 16.7 Å². The van der Waals surface area contributed by atoms with E-state index in [2.05, 4.69) is 21.2 Å².